The second-order valence-electron chi connectivity index (χ2n) is 3.50. The standard InChI is InChI=1S/C11H13N5OS/c1-2-13-10(17)7-3-4-9(8(12)5-7)18-11-14-6-15-16-11/h3-6H,2,12H2,1H3,(H,13,17)(H,14,15,16). The summed E-state index contributed by atoms with van der Waals surface area (Å²) in [6.07, 6.45) is 1.43. The van der Waals surface area contributed by atoms with Crippen molar-refractivity contribution in [3.63, 3.8) is 0 Å². The molecule has 0 aliphatic carbocycles. The van der Waals surface area contributed by atoms with Gasteiger partial charge in [-0.3, -0.25) is 9.89 Å². The van der Waals surface area contributed by atoms with E-state index in [1.807, 2.05) is 6.92 Å². The van der Waals surface area contributed by atoms with Crippen LogP contribution < -0.4 is 11.1 Å². The van der Waals surface area contributed by atoms with E-state index in [1.54, 1.807) is 18.2 Å². The number of carbonyl (C=O) groups excluding carboxylic acids is 1. The number of nitrogens with zero attached hydrogens (tertiary/aromatic N) is 2. The lowest BCUT2D eigenvalue weighted by molar-refractivity contribution is 0.0956. The lowest BCUT2D eigenvalue weighted by atomic mass is 10.2. The van der Waals surface area contributed by atoms with Crippen LogP contribution in [0.2, 0.25) is 0 Å². The van der Waals surface area contributed by atoms with E-state index in [1.165, 1.54) is 18.1 Å². The van der Waals surface area contributed by atoms with Crippen molar-refractivity contribution in [1.29, 1.82) is 0 Å². The van der Waals surface area contributed by atoms with Crippen molar-refractivity contribution < 1.29 is 4.79 Å². The normalized spacial score (nSPS) is 10.3. The molecule has 94 valence electrons. The minimum absolute atomic E-state index is 0.125. The Hall–Kier alpha value is -2.02. The first-order chi connectivity index (χ1) is 8.70. The summed E-state index contributed by atoms with van der Waals surface area (Å²) in [5.41, 5.74) is 7.00. The van der Waals surface area contributed by atoms with E-state index in [2.05, 4.69) is 20.5 Å². The Morgan fingerprint density at radius 2 is 2.39 bits per heavy atom. The maximum absolute atomic E-state index is 11.6. The molecule has 0 saturated carbocycles. The van der Waals surface area contributed by atoms with Crippen LogP contribution in [0.25, 0.3) is 0 Å². The number of nitrogens with two attached hydrogens (primary N) is 1. The molecule has 2 rings (SSSR count). The van der Waals surface area contributed by atoms with Gasteiger partial charge in [0.05, 0.1) is 0 Å². The number of nitrogen functional groups attached to an aromatic ring is 1. The highest BCUT2D eigenvalue weighted by Gasteiger charge is 2.09. The average Bonchev–Trinajstić information content (AvgIpc) is 2.85. The maximum atomic E-state index is 11.6. The fourth-order valence-corrected chi connectivity index (χ4v) is 2.11. The largest absolute Gasteiger partial charge is 0.398 e. The van der Waals surface area contributed by atoms with Gasteiger partial charge in [0, 0.05) is 22.7 Å². The van der Waals surface area contributed by atoms with Gasteiger partial charge in [0.15, 0.2) is 5.16 Å². The van der Waals surface area contributed by atoms with Crippen molar-refractivity contribution in [2.75, 3.05) is 12.3 Å². The van der Waals surface area contributed by atoms with Gasteiger partial charge >= 0.3 is 0 Å². The van der Waals surface area contributed by atoms with Crippen molar-refractivity contribution in [3.8, 4) is 0 Å². The number of aromatic amines is 1. The number of amides is 1. The topological polar surface area (TPSA) is 96.7 Å². The van der Waals surface area contributed by atoms with Crippen molar-refractivity contribution in [2.24, 2.45) is 0 Å². The molecule has 1 aromatic heterocycles. The molecule has 0 aliphatic rings. The smallest absolute Gasteiger partial charge is 0.251 e. The number of hydrogen-bond donors (Lipinski definition) is 3. The van der Waals surface area contributed by atoms with Crippen molar-refractivity contribution in [1.82, 2.24) is 20.5 Å². The van der Waals surface area contributed by atoms with Crippen LogP contribution in [-0.4, -0.2) is 27.6 Å². The van der Waals surface area contributed by atoms with Gasteiger partial charge in [-0.25, -0.2) is 4.98 Å². The monoisotopic (exact) mass is 263 g/mol. The molecule has 4 N–H and O–H groups in total. The first-order valence-corrected chi connectivity index (χ1v) is 6.23. The zero-order valence-corrected chi connectivity index (χ0v) is 10.6. The van der Waals surface area contributed by atoms with Crippen molar-refractivity contribution >= 4 is 23.4 Å². The number of anilines is 1. The number of carbonyl (C=O) groups is 1. The number of H-pyrrole nitrogens is 1. The highest BCUT2D eigenvalue weighted by Crippen LogP contribution is 2.29. The molecule has 7 heteroatoms. The summed E-state index contributed by atoms with van der Waals surface area (Å²) in [6, 6.07) is 5.19. The Labute approximate surface area is 108 Å². The third-order valence-electron chi connectivity index (χ3n) is 2.21. The Morgan fingerprint density at radius 3 is 3.00 bits per heavy atom. The molecule has 2 aromatic rings. The highest BCUT2D eigenvalue weighted by atomic mass is 32.2. The molecule has 1 aromatic carbocycles. The molecule has 0 saturated heterocycles. The van der Waals surface area contributed by atoms with Crippen LogP contribution in [0.3, 0.4) is 0 Å². The zero-order chi connectivity index (χ0) is 13.0. The minimum atomic E-state index is -0.125. The van der Waals surface area contributed by atoms with E-state index >= 15 is 0 Å². The van der Waals surface area contributed by atoms with Crippen LogP contribution in [-0.2, 0) is 0 Å². The fraction of sp³-hybridized carbons (Fsp3) is 0.182. The fourth-order valence-electron chi connectivity index (χ4n) is 1.39. The summed E-state index contributed by atoms with van der Waals surface area (Å²) >= 11 is 1.37. The Kier molecular flexibility index (Phi) is 3.83. The number of aromatic nitrogens is 3. The molecular weight excluding hydrogens is 250 g/mol. The second kappa shape index (κ2) is 5.54. The summed E-state index contributed by atoms with van der Waals surface area (Å²) in [4.78, 5) is 16.5. The molecule has 0 radical (unpaired) electrons. The SMILES string of the molecule is CCNC(=O)c1ccc(Sc2ncn[nH]2)c(N)c1. The summed E-state index contributed by atoms with van der Waals surface area (Å²) in [5.74, 6) is -0.125. The molecule has 18 heavy (non-hydrogen) atoms. The molecule has 1 amide bonds. The van der Waals surface area contributed by atoms with Crippen molar-refractivity contribution in [2.45, 2.75) is 17.0 Å². The van der Waals surface area contributed by atoms with Crippen molar-refractivity contribution in [3.05, 3.63) is 30.1 Å². The van der Waals surface area contributed by atoms with E-state index in [4.69, 9.17) is 5.73 Å². The van der Waals surface area contributed by atoms with E-state index in [-0.39, 0.29) is 5.91 Å². The Balaban J connectivity index is 2.17. The van der Waals surface area contributed by atoms with Gasteiger partial charge in [0.2, 0.25) is 0 Å². The van der Waals surface area contributed by atoms with Gasteiger partial charge in [-0.2, -0.15) is 5.10 Å². The Bertz CT molecular complexity index is 540. The third kappa shape index (κ3) is 2.80. The van der Waals surface area contributed by atoms with Gasteiger partial charge in [-0.15, -0.1) is 0 Å². The van der Waals surface area contributed by atoms with Gasteiger partial charge in [-0.1, -0.05) is 0 Å². The van der Waals surface area contributed by atoms with Gasteiger partial charge < -0.3 is 11.1 Å². The summed E-state index contributed by atoms with van der Waals surface area (Å²) < 4.78 is 0. The van der Waals surface area contributed by atoms with Crippen LogP contribution in [0.4, 0.5) is 5.69 Å². The number of nitrogens with one attached hydrogen (secondary N) is 2. The molecule has 1 heterocycles. The zero-order valence-electron chi connectivity index (χ0n) is 9.80. The molecule has 6 nitrogen and oxygen atoms in total. The van der Waals surface area contributed by atoms with Gasteiger partial charge in [-0.05, 0) is 36.9 Å². The summed E-state index contributed by atoms with van der Waals surface area (Å²) in [5, 5.41) is 9.88. The molecule has 0 atom stereocenters. The number of benzene rings is 1. The second-order valence-corrected chi connectivity index (χ2v) is 4.54. The molecule has 0 fully saturated rings. The lowest BCUT2D eigenvalue weighted by Gasteiger charge is -2.06. The summed E-state index contributed by atoms with van der Waals surface area (Å²) in [7, 11) is 0. The Morgan fingerprint density at radius 1 is 1.56 bits per heavy atom. The van der Waals surface area contributed by atoms with Gasteiger partial charge in [0.1, 0.15) is 6.33 Å². The molecule has 0 bridgehead atoms. The van der Waals surface area contributed by atoms with Crippen LogP contribution in [0.1, 0.15) is 17.3 Å². The maximum Gasteiger partial charge on any atom is 0.251 e. The van der Waals surface area contributed by atoms with E-state index < -0.39 is 0 Å². The first kappa shape index (κ1) is 12.4. The first-order valence-electron chi connectivity index (χ1n) is 5.41. The van der Waals surface area contributed by atoms with E-state index in [0.717, 1.165) is 4.90 Å². The lowest BCUT2D eigenvalue weighted by Crippen LogP contribution is -2.22. The van der Waals surface area contributed by atoms with Crippen LogP contribution in [0.15, 0.2) is 34.6 Å². The van der Waals surface area contributed by atoms with E-state index in [9.17, 15) is 4.79 Å². The van der Waals surface area contributed by atoms with Gasteiger partial charge in [0.25, 0.3) is 5.91 Å². The van der Waals surface area contributed by atoms with Crippen LogP contribution >= 0.6 is 11.8 Å². The highest BCUT2D eigenvalue weighted by molar-refractivity contribution is 7.99. The molecular formula is C11H13N5OS. The molecule has 0 aliphatic heterocycles. The van der Waals surface area contributed by atoms with E-state index in [0.29, 0.717) is 23.0 Å². The number of rotatable bonds is 4. The predicted octanol–water partition coefficient (Wildman–Crippen LogP) is 1.29. The summed E-state index contributed by atoms with van der Waals surface area (Å²) in [6.45, 7) is 2.46. The predicted molar refractivity (Wildman–Crippen MR) is 69.4 cm³/mol. The average molecular weight is 263 g/mol. The molecule has 0 unspecified atom stereocenters. The van der Waals surface area contributed by atoms with Crippen LogP contribution in [0, 0.1) is 0 Å². The third-order valence-corrected chi connectivity index (χ3v) is 3.19. The minimum Gasteiger partial charge on any atom is -0.398 e. The van der Waals surface area contributed by atoms with Crippen LogP contribution in [0.5, 0.6) is 0 Å². The molecule has 0 spiro atoms. The quantitative estimate of drug-likeness (QED) is 0.722. The number of hydrogen-bond acceptors (Lipinski definition) is 5.